The molecule has 1 aromatic rings. The highest BCUT2D eigenvalue weighted by Crippen LogP contribution is 2.29. The molecule has 2 N–H and O–H groups in total. The number of rotatable bonds is 2. The number of aliphatic hydroxyl groups excluding tert-OH is 2. The Kier molecular flexibility index (Phi) is 3.43. The van der Waals surface area contributed by atoms with E-state index in [1.54, 1.807) is 7.11 Å². The first kappa shape index (κ1) is 11.4. The van der Waals surface area contributed by atoms with Crippen LogP contribution in [0.2, 0.25) is 0 Å². The van der Waals surface area contributed by atoms with Gasteiger partial charge in [-0.15, -0.1) is 0 Å². The lowest BCUT2D eigenvalue weighted by atomic mass is 9.98. The maximum Gasteiger partial charge on any atom is 0.118 e. The fraction of sp³-hybridized carbons (Fsp3) is 0.500. The van der Waals surface area contributed by atoms with E-state index in [2.05, 4.69) is 0 Å². The lowest BCUT2D eigenvalue weighted by molar-refractivity contribution is -0.122. The van der Waals surface area contributed by atoms with Crippen LogP contribution in [0.3, 0.4) is 0 Å². The zero-order valence-electron chi connectivity index (χ0n) is 9.17. The van der Waals surface area contributed by atoms with Gasteiger partial charge in [0.05, 0.1) is 25.9 Å². The highest BCUT2D eigenvalue weighted by molar-refractivity contribution is 5.28. The van der Waals surface area contributed by atoms with Crippen LogP contribution in [0.15, 0.2) is 24.3 Å². The summed E-state index contributed by atoms with van der Waals surface area (Å²) in [7, 11) is 1.62. The first-order valence-electron chi connectivity index (χ1n) is 5.32. The van der Waals surface area contributed by atoms with Crippen LogP contribution >= 0.6 is 0 Å². The summed E-state index contributed by atoms with van der Waals surface area (Å²) in [6, 6.07) is 7.54. The fourth-order valence-electron chi connectivity index (χ4n) is 1.82. The van der Waals surface area contributed by atoms with Crippen molar-refractivity contribution in [2.45, 2.75) is 24.7 Å². The van der Waals surface area contributed by atoms with Gasteiger partial charge in [-0.25, -0.2) is 0 Å². The summed E-state index contributed by atoms with van der Waals surface area (Å²) in [4.78, 5) is 0. The predicted octanol–water partition coefficient (Wildman–Crippen LogP) is 0.878. The van der Waals surface area contributed by atoms with Crippen LogP contribution in [0.1, 0.15) is 18.1 Å². The Labute approximate surface area is 94.4 Å². The van der Waals surface area contributed by atoms with Gasteiger partial charge in [0.1, 0.15) is 11.9 Å². The third-order valence-electron chi connectivity index (χ3n) is 2.86. The Balaban J connectivity index is 2.06. The molecule has 0 saturated carbocycles. The van der Waals surface area contributed by atoms with Crippen LogP contribution in [-0.2, 0) is 4.74 Å². The smallest absolute Gasteiger partial charge is 0.118 e. The molecule has 3 atom stereocenters. The second-order valence-corrected chi connectivity index (χ2v) is 3.97. The van der Waals surface area contributed by atoms with Gasteiger partial charge in [-0.1, -0.05) is 12.1 Å². The molecule has 1 aliphatic heterocycles. The van der Waals surface area contributed by atoms with Crippen molar-refractivity contribution in [2.24, 2.45) is 0 Å². The molecule has 0 radical (unpaired) electrons. The summed E-state index contributed by atoms with van der Waals surface area (Å²) in [5.74, 6) is 0.792. The van der Waals surface area contributed by atoms with Gasteiger partial charge < -0.3 is 19.7 Å². The minimum Gasteiger partial charge on any atom is -0.497 e. The Bertz CT molecular complexity index is 335. The molecule has 0 aromatic heterocycles. The van der Waals surface area contributed by atoms with Crippen molar-refractivity contribution in [3.8, 4) is 5.75 Å². The third-order valence-corrected chi connectivity index (χ3v) is 2.86. The number of hydrogen-bond acceptors (Lipinski definition) is 4. The van der Waals surface area contributed by atoms with Crippen LogP contribution in [0, 0.1) is 0 Å². The van der Waals surface area contributed by atoms with Crippen molar-refractivity contribution in [1.82, 2.24) is 0 Å². The Morgan fingerprint density at radius 2 is 1.88 bits per heavy atom. The molecule has 0 bridgehead atoms. The zero-order valence-corrected chi connectivity index (χ0v) is 9.17. The molecule has 1 aromatic carbocycles. The van der Waals surface area contributed by atoms with E-state index >= 15 is 0 Å². The molecule has 0 aliphatic carbocycles. The summed E-state index contributed by atoms with van der Waals surface area (Å²) in [5.41, 5.74) is 0.992. The molecule has 1 aliphatic rings. The molecule has 0 unspecified atom stereocenters. The number of methoxy groups -OCH3 is 1. The maximum atomic E-state index is 9.56. The number of aliphatic hydroxyl groups is 2. The van der Waals surface area contributed by atoms with E-state index in [9.17, 15) is 10.2 Å². The molecule has 4 nitrogen and oxygen atoms in total. The fourth-order valence-corrected chi connectivity index (χ4v) is 1.82. The lowest BCUT2D eigenvalue weighted by Crippen LogP contribution is -2.37. The molecular weight excluding hydrogens is 208 g/mol. The number of benzene rings is 1. The van der Waals surface area contributed by atoms with Crippen molar-refractivity contribution in [2.75, 3.05) is 13.7 Å². The Hall–Kier alpha value is -1.10. The number of ether oxygens (including phenoxy) is 2. The third kappa shape index (κ3) is 2.35. The van der Waals surface area contributed by atoms with Crippen LogP contribution < -0.4 is 4.74 Å². The van der Waals surface area contributed by atoms with Gasteiger partial charge in [0.2, 0.25) is 0 Å². The largest absolute Gasteiger partial charge is 0.497 e. The summed E-state index contributed by atoms with van der Waals surface area (Å²) >= 11 is 0. The monoisotopic (exact) mass is 224 g/mol. The number of hydrogen-bond donors (Lipinski definition) is 2. The first-order chi connectivity index (χ1) is 7.70. The minimum atomic E-state index is -0.769. The average Bonchev–Trinajstić information content (AvgIpc) is 2.33. The molecule has 1 fully saturated rings. The van der Waals surface area contributed by atoms with Crippen LogP contribution in [0.5, 0.6) is 5.75 Å². The minimum absolute atomic E-state index is 0.149. The Morgan fingerprint density at radius 1 is 1.19 bits per heavy atom. The normalized spacial score (nSPS) is 30.1. The second kappa shape index (κ2) is 4.82. The van der Waals surface area contributed by atoms with Crippen molar-refractivity contribution >= 4 is 0 Å². The molecule has 1 saturated heterocycles. The SMILES string of the molecule is COc1ccc([C@@H]2C[C@@H](O)[C@H](O)CO2)cc1. The van der Waals surface area contributed by atoms with Crippen molar-refractivity contribution in [3.05, 3.63) is 29.8 Å². The van der Waals surface area contributed by atoms with Crippen molar-refractivity contribution in [1.29, 1.82) is 0 Å². The second-order valence-electron chi connectivity index (χ2n) is 3.97. The lowest BCUT2D eigenvalue weighted by Gasteiger charge is -2.30. The highest BCUT2D eigenvalue weighted by atomic mass is 16.5. The van der Waals surface area contributed by atoms with E-state index in [4.69, 9.17) is 9.47 Å². The van der Waals surface area contributed by atoms with Gasteiger partial charge in [-0.2, -0.15) is 0 Å². The summed E-state index contributed by atoms with van der Waals surface area (Å²) in [5, 5.41) is 18.9. The first-order valence-corrected chi connectivity index (χ1v) is 5.32. The van der Waals surface area contributed by atoms with Gasteiger partial charge in [0.15, 0.2) is 0 Å². The average molecular weight is 224 g/mol. The maximum absolute atomic E-state index is 9.56. The van der Waals surface area contributed by atoms with Crippen LogP contribution in [-0.4, -0.2) is 36.1 Å². The van der Waals surface area contributed by atoms with Gasteiger partial charge >= 0.3 is 0 Å². The molecule has 0 amide bonds. The topological polar surface area (TPSA) is 58.9 Å². The molecule has 88 valence electrons. The summed E-state index contributed by atoms with van der Waals surface area (Å²) in [6.07, 6.45) is -1.20. The molecule has 16 heavy (non-hydrogen) atoms. The van der Waals surface area contributed by atoms with E-state index in [1.165, 1.54) is 0 Å². The predicted molar refractivity (Wildman–Crippen MR) is 58.3 cm³/mol. The van der Waals surface area contributed by atoms with E-state index in [-0.39, 0.29) is 12.7 Å². The molecular formula is C12H16O4. The molecule has 2 rings (SSSR count). The standard InChI is InChI=1S/C12H16O4/c1-15-9-4-2-8(3-5-9)12-6-10(13)11(14)7-16-12/h2-5,10-14H,6-7H2,1H3/t10-,11-,12+/m1/s1. The van der Waals surface area contributed by atoms with Gasteiger partial charge in [-0.3, -0.25) is 0 Å². The summed E-state index contributed by atoms with van der Waals surface area (Å²) < 4.78 is 10.5. The van der Waals surface area contributed by atoms with E-state index in [0.717, 1.165) is 11.3 Å². The molecule has 0 spiro atoms. The Morgan fingerprint density at radius 3 is 2.44 bits per heavy atom. The molecule has 1 heterocycles. The van der Waals surface area contributed by atoms with E-state index in [1.807, 2.05) is 24.3 Å². The molecule has 4 heteroatoms. The van der Waals surface area contributed by atoms with Gasteiger partial charge in [0.25, 0.3) is 0 Å². The van der Waals surface area contributed by atoms with Crippen molar-refractivity contribution in [3.63, 3.8) is 0 Å². The highest BCUT2D eigenvalue weighted by Gasteiger charge is 2.28. The van der Waals surface area contributed by atoms with Crippen LogP contribution in [0.4, 0.5) is 0 Å². The van der Waals surface area contributed by atoms with E-state index < -0.39 is 12.2 Å². The van der Waals surface area contributed by atoms with E-state index in [0.29, 0.717) is 6.42 Å². The quantitative estimate of drug-likeness (QED) is 0.783. The van der Waals surface area contributed by atoms with Crippen LogP contribution in [0.25, 0.3) is 0 Å². The zero-order chi connectivity index (χ0) is 11.5. The summed E-state index contributed by atoms with van der Waals surface area (Å²) in [6.45, 7) is 0.178. The van der Waals surface area contributed by atoms with Crippen molar-refractivity contribution < 1.29 is 19.7 Å². The van der Waals surface area contributed by atoms with Gasteiger partial charge in [-0.05, 0) is 17.7 Å². The van der Waals surface area contributed by atoms with Gasteiger partial charge in [0, 0.05) is 6.42 Å².